The van der Waals surface area contributed by atoms with Gasteiger partial charge in [0, 0.05) is 18.6 Å². The van der Waals surface area contributed by atoms with Crippen LogP contribution in [0.1, 0.15) is 43.6 Å². The molecule has 1 aliphatic heterocycles. The molecule has 1 saturated heterocycles. The van der Waals surface area contributed by atoms with Gasteiger partial charge in [-0.15, -0.1) is 0 Å². The first-order valence-electron chi connectivity index (χ1n) is 8.07. The van der Waals surface area contributed by atoms with Crippen molar-refractivity contribution >= 4 is 11.0 Å². The molecule has 1 aliphatic rings. The number of nitrogens with one attached hydrogen (secondary N) is 1. The zero-order valence-electron chi connectivity index (χ0n) is 13.0. The smallest absolute Gasteiger partial charge is 0.134 e. The van der Waals surface area contributed by atoms with Crippen LogP contribution in [-0.4, -0.2) is 19.8 Å². The summed E-state index contributed by atoms with van der Waals surface area (Å²) in [5.74, 6) is 1.81. The molecule has 0 amide bonds. The van der Waals surface area contributed by atoms with Crippen molar-refractivity contribution in [2.24, 2.45) is 5.92 Å². The van der Waals surface area contributed by atoms with Crippen LogP contribution in [0.3, 0.4) is 0 Å². The van der Waals surface area contributed by atoms with Crippen LogP contribution in [0.25, 0.3) is 11.0 Å². The number of aryl methyl sites for hydroxylation is 1. The first-order chi connectivity index (χ1) is 10.3. The highest BCUT2D eigenvalue weighted by Gasteiger charge is 2.22. The average Bonchev–Trinajstić information content (AvgIpc) is 2.91. The second-order valence-corrected chi connectivity index (χ2v) is 6.09. The molecule has 0 spiro atoms. The molecule has 1 N–H and O–H groups in total. The van der Waals surface area contributed by atoms with Gasteiger partial charge in [-0.2, -0.15) is 0 Å². The van der Waals surface area contributed by atoms with E-state index in [4.69, 9.17) is 9.15 Å². The van der Waals surface area contributed by atoms with Crippen molar-refractivity contribution in [3.8, 4) is 0 Å². The largest absolute Gasteiger partial charge is 0.459 e. The maximum Gasteiger partial charge on any atom is 0.134 e. The van der Waals surface area contributed by atoms with Crippen molar-refractivity contribution in [1.29, 1.82) is 0 Å². The molecule has 1 aromatic heterocycles. The van der Waals surface area contributed by atoms with E-state index in [9.17, 15) is 0 Å². The highest BCUT2D eigenvalue weighted by atomic mass is 16.5. The number of hydrogen-bond donors (Lipinski definition) is 1. The number of hydrogen-bond acceptors (Lipinski definition) is 3. The van der Waals surface area contributed by atoms with E-state index in [1.54, 1.807) is 0 Å². The second-order valence-electron chi connectivity index (χ2n) is 6.09. The number of fused-ring (bicyclic) bond motifs is 1. The minimum Gasteiger partial charge on any atom is -0.459 e. The lowest BCUT2D eigenvalue weighted by atomic mass is 9.91. The van der Waals surface area contributed by atoms with E-state index in [0.29, 0.717) is 6.04 Å². The molecule has 3 nitrogen and oxygen atoms in total. The van der Waals surface area contributed by atoms with Crippen molar-refractivity contribution in [2.45, 2.75) is 39.2 Å². The van der Waals surface area contributed by atoms with Crippen molar-refractivity contribution in [2.75, 3.05) is 19.8 Å². The van der Waals surface area contributed by atoms with Gasteiger partial charge in [-0.1, -0.05) is 18.6 Å². The maximum absolute atomic E-state index is 6.09. The van der Waals surface area contributed by atoms with Gasteiger partial charge < -0.3 is 14.5 Å². The summed E-state index contributed by atoms with van der Waals surface area (Å²) >= 11 is 0. The first-order valence-corrected chi connectivity index (χ1v) is 8.07. The van der Waals surface area contributed by atoms with Gasteiger partial charge in [0.1, 0.15) is 11.3 Å². The molecule has 0 bridgehead atoms. The fourth-order valence-corrected chi connectivity index (χ4v) is 3.22. The zero-order valence-corrected chi connectivity index (χ0v) is 13.0. The second kappa shape index (κ2) is 6.63. The Kier molecular flexibility index (Phi) is 4.61. The van der Waals surface area contributed by atoms with E-state index in [2.05, 4.69) is 43.4 Å². The van der Waals surface area contributed by atoms with Gasteiger partial charge in [0.25, 0.3) is 0 Å². The van der Waals surface area contributed by atoms with E-state index in [-0.39, 0.29) is 0 Å². The monoisotopic (exact) mass is 287 g/mol. The fraction of sp³-hybridized carbons (Fsp3) is 0.556. The van der Waals surface area contributed by atoms with Crippen LogP contribution in [0.15, 0.2) is 28.7 Å². The standard InChI is InChI=1S/C18H25NO2/c1-3-19-16(11-14-6-8-20-9-7-14)18-12-15-10-13(2)4-5-17(15)21-18/h4-5,10,12,14,16,19H,3,6-9,11H2,1-2H3. The van der Waals surface area contributed by atoms with E-state index in [1.165, 1.54) is 23.8 Å². The van der Waals surface area contributed by atoms with Gasteiger partial charge in [-0.05, 0) is 56.8 Å². The SMILES string of the molecule is CCNC(CC1CCOCC1)c1cc2cc(C)ccc2o1. The summed E-state index contributed by atoms with van der Waals surface area (Å²) in [4.78, 5) is 0. The minimum atomic E-state index is 0.311. The van der Waals surface area contributed by atoms with Gasteiger partial charge in [-0.3, -0.25) is 0 Å². The van der Waals surface area contributed by atoms with Gasteiger partial charge in [0.2, 0.25) is 0 Å². The number of rotatable bonds is 5. The summed E-state index contributed by atoms with van der Waals surface area (Å²) in [6.45, 7) is 7.05. The predicted octanol–water partition coefficient (Wildman–Crippen LogP) is 4.21. The lowest BCUT2D eigenvalue weighted by molar-refractivity contribution is 0.0598. The molecular weight excluding hydrogens is 262 g/mol. The third-order valence-corrected chi connectivity index (χ3v) is 4.39. The maximum atomic E-state index is 6.09. The molecule has 114 valence electrons. The zero-order chi connectivity index (χ0) is 14.7. The van der Waals surface area contributed by atoms with Gasteiger partial charge in [-0.25, -0.2) is 0 Å². The summed E-state index contributed by atoms with van der Waals surface area (Å²) in [6, 6.07) is 8.89. The Balaban J connectivity index is 1.80. The third-order valence-electron chi connectivity index (χ3n) is 4.39. The Labute approximate surface area is 126 Å². The molecule has 0 saturated carbocycles. The summed E-state index contributed by atoms with van der Waals surface area (Å²) in [7, 11) is 0. The van der Waals surface area contributed by atoms with Crippen molar-refractivity contribution < 1.29 is 9.15 Å². The summed E-state index contributed by atoms with van der Waals surface area (Å²) in [6.07, 6.45) is 3.47. The first kappa shape index (κ1) is 14.6. The van der Waals surface area contributed by atoms with Crippen molar-refractivity contribution in [3.63, 3.8) is 0 Å². The van der Waals surface area contributed by atoms with Crippen LogP contribution in [0.4, 0.5) is 0 Å². The minimum absolute atomic E-state index is 0.311. The topological polar surface area (TPSA) is 34.4 Å². The molecule has 21 heavy (non-hydrogen) atoms. The third kappa shape index (κ3) is 3.47. The van der Waals surface area contributed by atoms with Crippen molar-refractivity contribution in [3.05, 3.63) is 35.6 Å². The molecule has 3 heteroatoms. The predicted molar refractivity (Wildman–Crippen MR) is 85.5 cm³/mol. The number of ether oxygens (including phenoxy) is 1. The normalized spacial score (nSPS) is 18.2. The highest BCUT2D eigenvalue weighted by Crippen LogP contribution is 2.31. The molecule has 3 rings (SSSR count). The molecule has 1 atom stereocenters. The molecule has 2 heterocycles. The Morgan fingerprint density at radius 2 is 2.05 bits per heavy atom. The number of furan rings is 1. The van der Waals surface area contributed by atoms with E-state index in [0.717, 1.165) is 43.4 Å². The quantitative estimate of drug-likeness (QED) is 0.894. The highest BCUT2D eigenvalue weighted by molar-refractivity contribution is 5.78. The molecular formula is C18H25NO2. The van der Waals surface area contributed by atoms with Crippen LogP contribution >= 0.6 is 0 Å². The van der Waals surface area contributed by atoms with Gasteiger partial charge in [0.05, 0.1) is 6.04 Å². The van der Waals surface area contributed by atoms with Crippen LogP contribution in [0.2, 0.25) is 0 Å². The molecule has 0 aliphatic carbocycles. The Bertz CT molecular complexity index is 584. The molecule has 1 fully saturated rings. The summed E-state index contributed by atoms with van der Waals surface area (Å²) in [5, 5.41) is 4.80. The summed E-state index contributed by atoms with van der Waals surface area (Å²) < 4.78 is 11.5. The average molecular weight is 287 g/mol. The van der Waals surface area contributed by atoms with E-state index in [1.807, 2.05) is 0 Å². The lowest BCUT2D eigenvalue weighted by Gasteiger charge is -2.26. The Morgan fingerprint density at radius 3 is 2.81 bits per heavy atom. The van der Waals surface area contributed by atoms with Crippen LogP contribution in [-0.2, 0) is 4.74 Å². The summed E-state index contributed by atoms with van der Waals surface area (Å²) in [5.41, 5.74) is 2.27. The van der Waals surface area contributed by atoms with Crippen molar-refractivity contribution in [1.82, 2.24) is 5.32 Å². The fourth-order valence-electron chi connectivity index (χ4n) is 3.22. The van der Waals surface area contributed by atoms with Gasteiger partial charge >= 0.3 is 0 Å². The Morgan fingerprint density at radius 1 is 1.24 bits per heavy atom. The van der Waals surface area contributed by atoms with E-state index >= 15 is 0 Å². The molecule has 1 aromatic carbocycles. The van der Waals surface area contributed by atoms with Gasteiger partial charge in [0.15, 0.2) is 0 Å². The molecule has 0 radical (unpaired) electrons. The lowest BCUT2D eigenvalue weighted by Crippen LogP contribution is -2.26. The van der Waals surface area contributed by atoms with Crippen LogP contribution < -0.4 is 5.32 Å². The van der Waals surface area contributed by atoms with E-state index < -0.39 is 0 Å². The van der Waals surface area contributed by atoms with Crippen LogP contribution in [0, 0.1) is 12.8 Å². The van der Waals surface area contributed by atoms with Crippen LogP contribution in [0.5, 0.6) is 0 Å². The number of benzene rings is 1. The molecule has 1 unspecified atom stereocenters. The Hall–Kier alpha value is -1.32. The molecule has 2 aromatic rings.